The Balaban J connectivity index is 1.74. The third kappa shape index (κ3) is 4.59. The molecule has 2 aromatic carbocycles. The number of thiazole rings is 1. The van der Waals surface area contributed by atoms with E-state index < -0.39 is 0 Å². The summed E-state index contributed by atoms with van der Waals surface area (Å²) in [7, 11) is 3.82. The molecule has 1 N–H and O–H groups in total. The van der Waals surface area contributed by atoms with Crippen molar-refractivity contribution in [1.29, 1.82) is 0 Å². The molecule has 1 atom stereocenters. The highest BCUT2D eigenvalue weighted by Gasteiger charge is 2.20. The summed E-state index contributed by atoms with van der Waals surface area (Å²) in [5, 5.41) is 3.80. The molecule has 0 bridgehead atoms. The molecule has 0 aliphatic rings. The number of nitrogens with zero attached hydrogens (tertiary/aromatic N) is 2. The van der Waals surface area contributed by atoms with Gasteiger partial charge in [0.1, 0.15) is 15.7 Å². The first-order valence-electron chi connectivity index (χ1n) is 8.68. The minimum atomic E-state index is -0.281. The Bertz CT molecular complexity index is 924. The number of halogens is 1. The first-order chi connectivity index (χ1) is 13.0. The van der Waals surface area contributed by atoms with Crippen molar-refractivity contribution in [2.24, 2.45) is 0 Å². The normalized spacial score (nSPS) is 12.2. The number of aromatic nitrogens is 1. The summed E-state index contributed by atoms with van der Waals surface area (Å²) in [5.74, 6) is -0.438. The average Bonchev–Trinajstić information content (AvgIpc) is 3.04. The minimum Gasteiger partial charge on any atom is -0.349 e. The second-order valence-corrected chi connectivity index (χ2v) is 7.54. The fourth-order valence-electron chi connectivity index (χ4n) is 2.89. The van der Waals surface area contributed by atoms with Crippen LogP contribution in [0.4, 0.5) is 4.39 Å². The van der Waals surface area contributed by atoms with Crippen LogP contribution in [0.2, 0.25) is 0 Å². The Morgan fingerprint density at radius 1 is 1.19 bits per heavy atom. The zero-order chi connectivity index (χ0) is 19.4. The van der Waals surface area contributed by atoms with E-state index >= 15 is 0 Å². The van der Waals surface area contributed by atoms with E-state index in [0.29, 0.717) is 17.1 Å². The lowest BCUT2D eigenvalue weighted by atomic mass is 10.1. The van der Waals surface area contributed by atoms with Gasteiger partial charge in [-0.1, -0.05) is 42.5 Å². The van der Waals surface area contributed by atoms with E-state index in [-0.39, 0.29) is 17.8 Å². The maximum Gasteiger partial charge on any atom is 0.263 e. The minimum absolute atomic E-state index is 0.119. The SMILES string of the molecule is Cc1nc(-c2ccccc2)sc1C(=O)NCC(c1cccc(F)c1)N(C)C. The lowest BCUT2D eigenvalue weighted by Crippen LogP contribution is -2.34. The van der Waals surface area contributed by atoms with Crippen LogP contribution in [-0.2, 0) is 0 Å². The number of nitrogens with one attached hydrogen (secondary N) is 1. The second kappa shape index (κ2) is 8.41. The van der Waals surface area contributed by atoms with Gasteiger partial charge < -0.3 is 10.2 Å². The molecule has 0 radical (unpaired) electrons. The van der Waals surface area contributed by atoms with E-state index in [1.165, 1.54) is 23.5 Å². The Morgan fingerprint density at radius 3 is 2.59 bits per heavy atom. The van der Waals surface area contributed by atoms with E-state index in [4.69, 9.17) is 0 Å². The Labute approximate surface area is 162 Å². The molecular formula is C21H22FN3OS. The quantitative estimate of drug-likeness (QED) is 0.691. The molecule has 0 saturated heterocycles. The van der Waals surface area contributed by atoms with Crippen LogP contribution in [0.5, 0.6) is 0 Å². The van der Waals surface area contributed by atoms with Crippen LogP contribution in [0, 0.1) is 12.7 Å². The molecule has 3 aromatic rings. The number of amides is 1. The molecule has 0 aliphatic carbocycles. The molecule has 0 spiro atoms. The summed E-state index contributed by atoms with van der Waals surface area (Å²) in [5.41, 5.74) is 2.53. The van der Waals surface area contributed by atoms with E-state index in [0.717, 1.165) is 16.1 Å². The van der Waals surface area contributed by atoms with Crippen molar-refractivity contribution in [2.45, 2.75) is 13.0 Å². The molecule has 6 heteroatoms. The van der Waals surface area contributed by atoms with Crippen molar-refractivity contribution in [1.82, 2.24) is 15.2 Å². The third-order valence-electron chi connectivity index (χ3n) is 4.34. The smallest absolute Gasteiger partial charge is 0.263 e. The highest BCUT2D eigenvalue weighted by molar-refractivity contribution is 7.17. The molecular weight excluding hydrogens is 361 g/mol. The monoisotopic (exact) mass is 383 g/mol. The molecule has 140 valence electrons. The molecule has 0 saturated carbocycles. The lowest BCUT2D eigenvalue weighted by molar-refractivity contribution is 0.0945. The number of hydrogen-bond donors (Lipinski definition) is 1. The van der Waals surface area contributed by atoms with Crippen molar-refractivity contribution in [2.75, 3.05) is 20.6 Å². The molecule has 4 nitrogen and oxygen atoms in total. The Hall–Kier alpha value is -2.57. The maximum atomic E-state index is 13.6. The molecule has 0 fully saturated rings. The molecule has 3 rings (SSSR count). The van der Waals surface area contributed by atoms with E-state index in [9.17, 15) is 9.18 Å². The van der Waals surface area contributed by atoms with Crippen molar-refractivity contribution >= 4 is 17.2 Å². The van der Waals surface area contributed by atoms with Crippen molar-refractivity contribution in [3.05, 3.63) is 76.5 Å². The zero-order valence-electron chi connectivity index (χ0n) is 15.6. The largest absolute Gasteiger partial charge is 0.349 e. The molecule has 1 unspecified atom stereocenters. The highest BCUT2D eigenvalue weighted by Crippen LogP contribution is 2.28. The topological polar surface area (TPSA) is 45.2 Å². The van der Waals surface area contributed by atoms with Crippen LogP contribution < -0.4 is 5.32 Å². The number of carbonyl (C=O) groups excluding carboxylic acids is 1. The van der Waals surface area contributed by atoms with Crippen LogP contribution in [0.25, 0.3) is 10.6 Å². The van der Waals surface area contributed by atoms with E-state index in [1.54, 1.807) is 6.07 Å². The van der Waals surface area contributed by atoms with Gasteiger partial charge in [-0.2, -0.15) is 0 Å². The highest BCUT2D eigenvalue weighted by atomic mass is 32.1. The van der Waals surface area contributed by atoms with Crippen LogP contribution in [0.1, 0.15) is 27.0 Å². The summed E-state index contributed by atoms with van der Waals surface area (Å²) < 4.78 is 13.6. The first-order valence-corrected chi connectivity index (χ1v) is 9.50. The van der Waals surface area contributed by atoms with Crippen molar-refractivity contribution < 1.29 is 9.18 Å². The van der Waals surface area contributed by atoms with E-state index in [1.807, 2.05) is 62.3 Å². The predicted octanol–water partition coefficient (Wildman–Crippen LogP) is 4.29. The Morgan fingerprint density at radius 2 is 1.93 bits per heavy atom. The second-order valence-electron chi connectivity index (χ2n) is 6.54. The van der Waals surface area contributed by atoms with Gasteiger partial charge in [-0.25, -0.2) is 9.37 Å². The molecule has 0 aliphatic heterocycles. The van der Waals surface area contributed by atoms with Crippen LogP contribution in [-0.4, -0.2) is 36.4 Å². The number of likely N-dealkylation sites (N-methyl/N-ethyl adjacent to an activating group) is 1. The molecule has 1 amide bonds. The van der Waals surface area contributed by atoms with Crippen LogP contribution in [0.15, 0.2) is 54.6 Å². The standard InChI is InChI=1S/C21H22FN3OS/c1-14-19(27-21(24-14)15-8-5-4-6-9-15)20(26)23-13-18(25(2)3)16-10-7-11-17(22)12-16/h4-12,18H,13H2,1-3H3,(H,23,26). The summed E-state index contributed by atoms with van der Waals surface area (Å²) in [6.45, 7) is 2.22. The predicted molar refractivity (Wildman–Crippen MR) is 107 cm³/mol. The van der Waals surface area contributed by atoms with Crippen molar-refractivity contribution in [3.63, 3.8) is 0 Å². The average molecular weight is 383 g/mol. The fraction of sp³-hybridized carbons (Fsp3) is 0.238. The van der Waals surface area contributed by atoms with Gasteiger partial charge >= 0.3 is 0 Å². The number of hydrogen-bond acceptors (Lipinski definition) is 4. The van der Waals surface area contributed by atoms with Gasteiger partial charge in [-0.05, 0) is 38.7 Å². The number of benzene rings is 2. The molecule has 27 heavy (non-hydrogen) atoms. The van der Waals surface area contributed by atoms with Gasteiger partial charge in [0.15, 0.2) is 0 Å². The molecule has 1 heterocycles. The number of rotatable bonds is 6. The van der Waals surface area contributed by atoms with Gasteiger partial charge in [-0.15, -0.1) is 11.3 Å². The van der Waals surface area contributed by atoms with Gasteiger partial charge in [0.2, 0.25) is 0 Å². The van der Waals surface area contributed by atoms with Crippen LogP contribution in [0.3, 0.4) is 0 Å². The van der Waals surface area contributed by atoms with E-state index in [2.05, 4.69) is 10.3 Å². The van der Waals surface area contributed by atoms with Crippen LogP contribution >= 0.6 is 11.3 Å². The summed E-state index contributed by atoms with van der Waals surface area (Å²) >= 11 is 1.38. The fourth-order valence-corrected chi connectivity index (χ4v) is 3.88. The zero-order valence-corrected chi connectivity index (χ0v) is 16.4. The van der Waals surface area contributed by atoms with Gasteiger partial charge in [-0.3, -0.25) is 4.79 Å². The Kier molecular flexibility index (Phi) is 5.98. The van der Waals surface area contributed by atoms with Crippen molar-refractivity contribution in [3.8, 4) is 10.6 Å². The summed E-state index contributed by atoms with van der Waals surface area (Å²) in [6, 6.07) is 16.2. The van der Waals surface area contributed by atoms with Gasteiger partial charge in [0.25, 0.3) is 5.91 Å². The number of carbonyl (C=O) groups is 1. The van der Waals surface area contributed by atoms with Gasteiger partial charge in [0.05, 0.1) is 11.7 Å². The number of aryl methyl sites for hydroxylation is 1. The lowest BCUT2D eigenvalue weighted by Gasteiger charge is -2.25. The molecule has 1 aromatic heterocycles. The third-order valence-corrected chi connectivity index (χ3v) is 5.54. The first kappa shape index (κ1) is 19.2. The summed E-state index contributed by atoms with van der Waals surface area (Å²) in [4.78, 5) is 19.8. The van der Waals surface area contributed by atoms with Gasteiger partial charge in [0, 0.05) is 12.1 Å². The summed E-state index contributed by atoms with van der Waals surface area (Å²) in [6.07, 6.45) is 0. The maximum absolute atomic E-state index is 13.6.